The van der Waals surface area contributed by atoms with Crippen molar-refractivity contribution in [1.29, 1.82) is 0 Å². The van der Waals surface area contributed by atoms with Crippen LogP contribution in [0.3, 0.4) is 0 Å². The number of hydrogen-bond acceptors (Lipinski definition) is 6. The van der Waals surface area contributed by atoms with E-state index in [0.29, 0.717) is 28.6 Å². The van der Waals surface area contributed by atoms with Gasteiger partial charge in [-0.2, -0.15) is 4.98 Å². The lowest BCUT2D eigenvalue weighted by molar-refractivity contribution is 0.114. The first kappa shape index (κ1) is 20.1. The van der Waals surface area contributed by atoms with Crippen molar-refractivity contribution in [3.8, 4) is 17.1 Å². The second kappa shape index (κ2) is 8.71. The molecule has 3 aromatic rings. The summed E-state index contributed by atoms with van der Waals surface area (Å²) >= 11 is 1.58. The number of allylic oxidation sites excluding steroid dienone is 2. The fourth-order valence-corrected chi connectivity index (χ4v) is 5.11. The molecule has 1 aliphatic carbocycles. The van der Waals surface area contributed by atoms with E-state index in [0.717, 1.165) is 29.8 Å². The Labute approximate surface area is 187 Å². The monoisotopic (exact) mass is 430 g/mol. The quantitative estimate of drug-likeness (QED) is 0.407. The predicted octanol–water partition coefficient (Wildman–Crippen LogP) is 5.95. The van der Waals surface area contributed by atoms with Crippen LogP contribution in [0.5, 0.6) is 5.88 Å². The molecule has 1 aliphatic heterocycles. The highest BCUT2D eigenvalue weighted by molar-refractivity contribution is 7.98. The molecular weight excluding hydrogens is 404 g/mol. The van der Waals surface area contributed by atoms with Crippen LogP contribution < -0.4 is 10.1 Å². The molecule has 0 bridgehead atoms. The van der Waals surface area contributed by atoms with Gasteiger partial charge in [0.05, 0.1) is 0 Å². The zero-order chi connectivity index (χ0) is 21.2. The van der Waals surface area contributed by atoms with Gasteiger partial charge in [-0.25, -0.2) is 0 Å². The molecule has 158 valence electrons. The number of ether oxygens (including phenoxy) is 1. The highest BCUT2D eigenvalue weighted by Gasteiger charge is 2.34. The maximum atomic E-state index is 6.51. The first-order valence-electron chi connectivity index (χ1n) is 10.8. The average Bonchev–Trinajstić information content (AvgIpc) is 2.95. The average molecular weight is 431 g/mol. The van der Waals surface area contributed by atoms with Gasteiger partial charge in [-0.15, -0.1) is 10.2 Å². The van der Waals surface area contributed by atoms with Crippen LogP contribution >= 0.6 is 11.8 Å². The molecule has 0 fully saturated rings. The predicted molar refractivity (Wildman–Crippen MR) is 125 cm³/mol. The van der Waals surface area contributed by atoms with Crippen molar-refractivity contribution < 1.29 is 4.74 Å². The van der Waals surface area contributed by atoms with Crippen molar-refractivity contribution in [1.82, 2.24) is 15.2 Å². The van der Waals surface area contributed by atoms with Gasteiger partial charge in [0.15, 0.2) is 11.9 Å². The van der Waals surface area contributed by atoms with Crippen LogP contribution in [0.4, 0.5) is 5.69 Å². The van der Waals surface area contributed by atoms with E-state index >= 15 is 0 Å². The van der Waals surface area contributed by atoms with Crippen molar-refractivity contribution in [3.63, 3.8) is 0 Å². The Morgan fingerprint density at radius 2 is 1.87 bits per heavy atom. The molecule has 6 heteroatoms. The summed E-state index contributed by atoms with van der Waals surface area (Å²) in [6, 6.07) is 18.5. The summed E-state index contributed by atoms with van der Waals surface area (Å²) in [6.07, 6.45) is 4.27. The van der Waals surface area contributed by atoms with Gasteiger partial charge in [-0.1, -0.05) is 78.9 Å². The zero-order valence-corrected chi connectivity index (χ0v) is 18.6. The Bertz CT molecular complexity index is 1100. The van der Waals surface area contributed by atoms with E-state index in [4.69, 9.17) is 9.72 Å². The molecule has 0 radical (unpaired) electrons. The highest BCUT2D eigenvalue weighted by Crippen LogP contribution is 2.40. The van der Waals surface area contributed by atoms with Crippen molar-refractivity contribution in [2.45, 2.75) is 43.8 Å². The number of rotatable bonds is 4. The normalized spacial score (nSPS) is 22.3. The van der Waals surface area contributed by atoms with Crippen molar-refractivity contribution in [2.75, 3.05) is 5.32 Å². The summed E-state index contributed by atoms with van der Waals surface area (Å²) < 4.78 is 6.51. The Morgan fingerprint density at radius 1 is 1.06 bits per heavy atom. The second-order valence-electron chi connectivity index (χ2n) is 8.38. The van der Waals surface area contributed by atoms with E-state index in [1.54, 1.807) is 11.8 Å². The second-order valence-corrected chi connectivity index (χ2v) is 9.32. The summed E-state index contributed by atoms with van der Waals surface area (Å²) in [5.74, 6) is 2.24. The molecule has 1 aromatic heterocycles. The largest absolute Gasteiger partial charge is 0.452 e. The van der Waals surface area contributed by atoms with Gasteiger partial charge in [0.1, 0.15) is 0 Å². The summed E-state index contributed by atoms with van der Waals surface area (Å²) in [7, 11) is 0. The van der Waals surface area contributed by atoms with Gasteiger partial charge in [0.25, 0.3) is 0 Å². The molecule has 2 aliphatic rings. The molecule has 2 aromatic carbocycles. The van der Waals surface area contributed by atoms with Gasteiger partial charge in [0.2, 0.25) is 11.0 Å². The molecule has 0 amide bonds. The number of nitrogens with zero attached hydrogens (tertiary/aromatic N) is 3. The third kappa shape index (κ3) is 4.30. The zero-order valence-electron chi connectivity index (χ0n) is 17.8. The minimum Gasteiger partial charge on any atom is -0.452 e. The van der Waals surface area contributed by atoms with Gasteiger partial charge in [0, 0.05) is 22.9 Å². The van der Waals surface area contributed by atoms with Gasteiger partial charge in [-0.05, 0) is 37.3 Å². The Balaban J connectivity index is 1.46. The number of thioether (sulfide) groups is 1. The van der Waals surface area contributed by atoms with E-state index in [1.165, 1.54) is 11.1 Å². The van der Waals surface area contributed by atoms with Gasteiger partial charge >= 0.3 is 0 Å². The lowest BCUT2D eigenvalue weighted by Gasteiger charge is -2.34. The summed E-state index contributed by atoms with van der Waals surface area (Å²) in [5.41, 5.74) is 5.39. The van der Waals surface area contributed by atoms with Crippen LogP contribution in [-0.2, 0) is 5.75 Å². The lowest BCUT2D eigenvalue weighted by Crippen LogP contribution is -2.39. The number of anilines is 1. The molecule has 5 rings (SSSR count). The Hall–Kier alpha value is -2.86. The number of para-hydroxylation sites is 1. The maximum Gasteiger partial charge on any atom is 0.247 e. The highest BCUT2D eigenvalue weighted by atomic mass is 32.2. The molecule has 3 atom stereocenters. The molecule has 0 unspecified atom stereocenters. The standard InChI is InChI=1S/C25H26N4OS/c1-16-12-13-19(17(2)14-16)23-26-21-11-7-6-10-20(21)22-24(30-23)27-25(29-28-22)31-15-18-8-4-3-5-9-18/h3-12,17,19,23,26H,13-15H2,1-2H3/t17-,19-,23-/m0/s1. The number of hydrogen-bond donors (Lipinski definition) is 1. The van der Waals surface area contributed by atoms with Crippen molar-refractivity contribution in [2.24, 2.45) is 11.8 Å². The Kier molecular flexibility index (Phi) is 5.64. The molecule has 0 saturated heterocycles. The van der Waals surface area contributed by atoms with E-state index in [9.17, 15) is 0 Å². The van der Waals surface area contributed by atoms with Gasteiger partial charge < -0.3 is 10.1 Å². The number of benzene rings is 2. The first-order chi connectivity index (χ1) is 15.2. The van der Waals surface area contributed by atoms with Crippen LogP contribution in [0, 0.1) is 11.8 Å². The van der Waals surface area contributed by atoms with E-state index in [2.05, 4.69) is 59.7 Å². The molecular formula is C25H26N4OS. The SMILES string of the molecule is CC1=CC[C@H]([C@H]2Nc3ccccc3-c3nnc(SCc4ccccc4)nc3O2)[C@@H](C)C1. The topological polar surface area (TPSA) is 59.9 Å². The smallest absolute Gasteiger partial charge is 0.247 e. The first-order valence-corrected chi connectivity index (χ1v) is 11.8. The minimum absolute atomic E-state index is 0.162. The molecule has 1 N–H and O–H groups in total. The van der Waals surface area contributed by atoms with E-state index in [1.807, 2.05) is 30.3 Å². The summed E-state index contributed by atoms with van der Waals surface area (Å²) in [5, 5.41) is 13.2. The van der Waals surface area contributed by atoms with Crippen molar-refractivity contribution >= 4 is 17.4 Å². The summed E-state index contributed by atoms with van der Waals surface area (Å²) in [4.78, 5) is 4.78. The van der Waals surface area contributed by atoms with Crippen LogP contribution in [0.25, 0.3) is 11.3 Å². The number of aromatic nitrogens is 3. The van der Waals surface area contributed by atoms with Crippen LogP contribution in [-0.4, -0.2) is 21.4 Å². The summed E-state index contributed by atoms with van der Waals surface area (Å²) in [6.45, 7) is 4.52. The Morgan fingerprint density at radius 3 is 2.71 bits per heavy atom. The third-order valence-corrected chi connectivity index (χ3v) is 6.98. The van der Waals surface area contributed by atoms with E-state index < -0.39 is 0 Å². The van der Waals surface area contributed by atoms with E-state index in [-0.39, 0.29) is 6.23 Å². The number of fused-ring (bicyclic) bond motifs is 3. The molecule has 31 heavy (non-hydrogen) atoms. The minimum atomic E-state index is -0.162. The third-order valence-electron chi connectivity index (χ3n) is 6.07. The maximum absolute atomic E-state index is 6.51. The fraction of sp³-hybridized carbons (Fsp3) is 0.320. The van der Waals surface area contributed by atoms with Gasteiger partial charge in [-0.3, -0.25) is 0 Å². The molecule has 5 nitrogen and oxygen atoms in total. The molecule has 0 spiro atoms. The molecule has 2 heterocycles. The molecule has 0 saturated carbocycles. The number of nitrogens with one attached hydrogen (secondary N) is 1. The van der Waals surface area contributed by atoms with Crippen LogP contribution in [0.15, 0.2) is 71.4 Å². The van der Waals surface area contributed by atoms with Crippen LogP contribution in [0.1, 0.15) is 32.3 Å². The van der Waals surface area contributed by atoms with Crippen molar-refractivity contribution in [3.05, 3.63) is 71.8 Å². The van der Waals surface area contributed by atoms with Crippen LogP contribution in [0.2, 0.25) is 0 Å². The fourth-order valence-electron chi connectivity index (χ4n) is 4.38. The lowest BCUT2D eigenvalue weighted by atomic mass is 9.80.